The summed E-state index contributed by atoms with van der Waals surface area (Å²) in [6, 6.07) is 9.48. The lowest BCUT2D eigenvalue weighted by atomic mass is 9.95. The van der Waals surface area contributed by atoms with Crippen LogP contribution in [0.2, 0.25) is 0 Å². The molecule has 0 bridgehead atoms. The Balaban J connectivity index is 2.08. The van der Waals surface area contributed by atoms with Crippen LogP contribution in [0.25, 0.3) is 0 Å². The first-order chi connectivity index (χ1) is 7.72. The number of halogens is 2. The summed E-state index contributed by atoms with van der Waals surface area (Å²) in [5.41, 5.74) is 0.973. The summed E-state index contributed by atoms with van der Waals surface area (Å²) in [5.74, 6) is -1.04. The molecule has 3 atom stereocenters. The van der Waals surface area contributed by atoms with Crippen molar-refractivity contribution in [3.05, 3.63) is 35.9 Å². The fourth-order valence-corrected chi connectivity index (χ4v) is 2.54. The summed E-state index contributed by atoms with van der Waals surface area (Å²) in [4.78, 5) is 11.5. The van der Waals surface area contributed by atoms with Gasteiger partial charge in [0, 0.05) is 4.43 Å². The highest BCUT2D eigenvalue weighted by Crippen LogP contribution is 2.29. The molecule has 0 aliphatic carbocycles. The third-order valence-corrected chi connectivity index (χ3v) is 3.63. The van der Waals surface area contributed by atoms with Gasteiger partial charge in [-0.1, -0.05) is 52.9 Å². The Morgan fingerprint density at radius 1 is 1.31 bits per heavy atom. The Bertz CT molecular complexity index is 369. The first-order valence-corrected chi connectivity index (χ1v) is 6.69. The van der Waals surface area contributed by atoms with Crippen molar-refractivity contribution >= 4 is 28.6 Å². The van der Waals surface area contributed by atoms with Gasteiger partial charge >= 0.3 is 5.97 Å². The number of hydrogen-bond acceptors (Lipinski definition) is 2. The molecule has 86 valence electrons. The van der Waals surface area contributed by atoms with Crippen LogP contribution in [-0.4, -0.2) is 22.7 Å². The Morgan fingerprint density at radius 3 is 2.56 bits per heavy atom. The lowest BCUT2D eigenvalue weighted by Gasteiger charge is -2.10. The molecule has 0 radical (unpaired) electrons. The molecule has 16 heavy (non-hydrogen) atoms. The van der Waals surface area contributed by atoms with E-state index in [2.05, 4.69) is 0 Å². The van der Waals surface area contributed by atoms with E-state index in [1.165, 1.54) is 0 Å². The average Bonchev–Trinajstić information content (AvgIpc) is 2.58. The van der Waals surface area contributed by atoms with E-state index < -0.39 is 24.2 Å². The summed E-state index contributed by atoms with van der Waals surface area (Å²) in [7, 11) is 0. The second-order valence-corrected chi connectivity index (χ2v) is 4.75. The summed E-state index contributed by atoms with van der Waals surface area (Å²) >= 11 is 2.04. The zero-order valence-corrected chi connectivity index (χ0v) is 10.8. The van der Waals surface area contributed by atoms with E-state index in [4.69, 9.17) is 4.74 Å². The molecule has 1 aromatic rings. The van der Waals surface area contributed by atoms with Crippen molar-refractivity contribution in [1.29, 1.82) is 0 Å². The van der Waals surface area contributed by atoms with Gasteiger partial charge in [-0.05, 0) is 12.0 Å². The molecule has 2 rings (SSSR count). The first-order valence-electron chi connectivity index (χ1n) is 5.17. The van der Waals surface area contributed by atoms with Crippen LogP contribution in [0.5, 0.6) is 0 Å². The highest BCUT2D eigenvalue weighted by atomic mass is 127. The molecule has 1 heterocycles. The Hall–Kier alpha value is -0.650. The molecule has 0 N–H and O–H groups in total. The molecule has 1 saturated heterocycles. The second-order valence-electron chi connectivity index (χ2n) is 3.87. The maximum absolute atomic E-state index is 13.8. The molecule has 2 nitrogen and oxygen atoms in total. The van der Waals surface area contributed by atoms with E-state index in [0.717, 1.165) is 5.56 Å². The van der Waals surface area contributed by atoms with Crippen LogP contribution in [0.4, 0.5) is 4.39 Å². The van der Waals surface area contributed by atoms with Crippen LogP contribution in [0.1, 0.15) is 5.56 Å². The lowest BCUT2D eigenvalue weighted by Crippen LogP contribution is -2.25. The average molecular weight is 334 g/mol. The molecule has 1 aromatic carbocycles. The van der Waals surface area contributed by atoms with Crippen molar-refractivity contribution in [3.63, 3.8) is 0 Å². The Kier molecular flexibility index (Phi) is 3.78. The van der Waals surface area contributed by atoms with E-state index >= 15 is 0 Å². The minimum Gasteiger partial charge on any atom is -0.458 e. The number of ether oxygens (including phenoxy) is 1. The number of esters is 1. The number of cyclic esters (lactones) is 1. The van der Waals surface area contributed by atoms with Gasteiger partial charge in [-0.2, -0.15) is 0 Å². The molecule has 4 heteroatoms. The van der Waals surface area contributed by atoms with Crippen LogP contribution < -0.4 is 0 Å². The fraction of sp³-hybridized carbons (Fsp3) is 0.417. The zero-order valence-electron chi connectivity index (χ0n) is 8.61. The number of hydrogen-bond donors (Lipinski definition) is 0. The summed E-state index contributed by atoms with van der Waals surface area (Å²) in [6.45, 7) is 0. The minimum absolute atomic E-state index is 0.405. The molecule has 0 spiro atoms. The van der Waals surface area contributed by atoms with Crippen LogP contribution in [0, 0.1) is 5.92 Å². The summed E-state index contributed by atoms with van der Waals surface area (Å²) in [5, 5.41) is 0. The maximum atomic E-state index is 13.8. The summed E-state index contributed by atoms with van der Waals surface area (Å²) < 4.78 is 19.3. The molecule has 0 aromatic heterocycles. The third-order valence-electron chi connectivity index (χ3n) is 2.76. The lowest BCUT2D eigenvalue weighted by molar-refractivity contribution is -0.143. The van der Waals surface area contributed by atoms with Crippen LogP contribution in [0.3, 0.4) is 0 Å². The predicted molar refractivity (Wildman–Crippen MR) is 67.3 cm³/mol. The van der Waals surface area contributed by atoms with Crippen molar-refractivity contribution in [2.24, 2.45) is 5.92 Å². The number of carbonyl (C=O) groups is 1. The standard InChI is InChI=1S/C12H12FIO2/c13-11-9(12(15)16-10(11)7-14)6-8-4-2-1-3-5-8/h1-5,9-11H,6-7H2/t9-,10+,11+/m1/s1. The quantitative estimate of drug-likeness (QED) is 0.482. The van der Waals surface area contributed by atoms with Gasteiger partial charge in [0.15, 0.2) is 6.17 Å². The molecule has 1 fully saturated rings. The molecule has 0 unspecified atom stereocenters. The van der Waals surface area contributed by atoms with Gasteiger partial charge in [0.25, 0.3) is 0 Å². The van der Waals surface area contributed by atoms with Gasteiger partial charge in [-0.3, -0.25) is 4.79 Å². The minimum atomic E-state index is -1.18. The fourth-order valence-electron chi connectivity index (χ4n) is 1.87. The molecular weight excluding hydrogens is 322 g/mol. The topological polar surface area (TPSA) is 26.3 Å². The van der Waals surface area contributed by atoms with Gasteiger partial charge < -0.3 is 4.74 Å². The molecule has 0 saturated carbocycles. The molecule has 1 aliphatic rings. The number of alkyl halides is 2. The highest BCUT2D eigenvalue weighted by molar-refractivity contribution is 14.1. The van der Waals surface area contributed by atoms with Gasteiger partial charge in [0.1, 0.15) is 6.10 Å². The number of benzene rings is 1. The van der Waals surface area contributed by atoms with Crippen molar-refractivity contribution in [3.8, 4) is 0 Å². The largest absolute Gasteiger partial charge is 0.458 e. The van der Waals surface area contributed by atoms with E-state index in [1.807, 2.05) is 52.9 Å². The predicted octanol–water partition coefficient (Wildman–Crippen LogP) is 2.54. The van der Waals surface area contributed by atoms with Crippen molar-refractivity contribution in [1.82, 2.24) is 0 Å². The second kappa shape index (κ2) is 5.12. The summed E-state index contributed by atoms with van der Waals surface area (Å²) in [6.07, 6.45) is -1.32. The van der Waals surface area contributed by atoms with Crippen LogP contribution in [0.15, 0.2) is 30.3 Å². The third kappa shape index (κ3) is 2.36. The van der Waals surface area contributed by atoms with Gasteiger partial charge in [-0.15, -0.1) is 0 Å². The normalized spacial score (nSPS) is 29.1. The molecular formula is C12H12FIO2. The van der Waals surface area contributed by atoms with Gasteiger partial charge in [-0.25, -0.2) is 4.39 Å². The van der Waals surface area contributed by atoms with E-state index in [0.29, 0.717) is 10.8 Å². The van der Waals surface area contributed by atoms with Crippen LogP contribution in [-0.2, 0) is 16.0 Å². The van der Waals surface area contributed by atoms with Gasteiger partial charge in [0.2, 0.25) is 0 Å². The highest BCUT2D eigenvalue weighted by Gasteiger charge is 2.44. The number of rotatable bonds is 3. The van der Waals surface area contributed by atoms with Crippen molar-refractivity contribution in [2.75, 3.05) is 4.43 Å². The van der Waals surface area contributed by atoms with Crippen LogP contribution >= 0.6 is 22.6 Å². The van der Waals surface area contributed by atoms with E-state index in [9.17, 15) is 9.18 Å². The van der Waals surface area contributed by atoms with E-state index in [-0.39, 0.29) is 0 Å². The zero-order chi connectivity index (χ0) is 11.5. The molecule has 1 aliphatic heterocycles. The number of carbonyl (C=O) groups excluding carboxylic acids is 1. The first kappa shape index (κ1) is 11.8. The van der Waals surface area contributed by atoms with Crippen molar-refractivity contribution in [2.45, 2.75) is 18.7 Å². The Morgan fingerprint density at radius 2 is 2.00 bits per heavy atom. The maximum Gasteiger partial charge on any atom is 0.312 e. The van der Waals surface area contributed by atoms with Gasteiger partial charge in [0.05, 0.1) is 5.92 Å². The smallest absolute Gasteiger partial charge is 0.312 e. The van der Waals surface area contributed by atoms with Crippen molar-refractivity contribution < 1.29 is 13.9 Å². The van der Waals surface area contributed by atoms with E-state index in [1.54, 1.807) is 0 Å². The molecule has 0 amide bonds. The monoisotopic (exact) mass is 334 g/mol. The SMILES string of the molecule is O=C1O[C@@H](CI)[C@@H](F)[C@H]1Cc1ccccc1. The Labute approximate surface area is 107 Å².